The summed E-state index contributed by atoms with van der Waals surface area (Å²) < 4.78 is 13.2. The van der Waals surface area contributed by atoms with E-state index in [9.17, 15) is 4.39 Å². The Bertz CT molecular complexity index is 337. The minimum Gasteiger partial charge on any atom is -0.207 e. The third-order valence-electron chi connectivity index (χ3n) is 3.18. The van der Waals surface area contributed by atoms with Crippen LogP contribution in [0.15, 0.2) is 12.1 Å². The van der Waals surface area contributed by atoms with Crippen molar-refractivity contribution in [3.63, 3.8) is 0 Å². The quantitative estimate of drug-likeness (QED) is 0.640. The summed E-state index contributed by atoms with van der Waals surface area (Å²) in [5.41, 5.74) is 3.02. The van der Waals surface area contributed by atoms with Crippen molar-refractivity contribution in [2.24, 2.45) is 5.92 Å². The van der Waals surface area contributed by atoms with Gasteiger partial charge < -0.3 is 0 Å². The lowest BCUT2D eigenvalue weighted by Gasteiger charge is -2.18. The predicted molar refractivity (Wildman–Crippen MR) is 68.5 cm³/mol. The molecular formula is C14H20ClF. The summed E-state index contributed by atoms with van der Waals surface area (Å²) in [6.45, 7) is 8.22. The number of halogens is 2. The largest absolute Gasteiger partial charge is 0.207 e. The number of benzene rings is 1. The minimum atomic E-state index is -0.175. The Morgan fingerprint density at radius 3 is 2.19 bits per heavy atom. The Morgan fingerprint density at radius 1 is 1.25 bits per heavy atom. The molecule has 90 valence electrons. The van der Waals surface area contributed by atoms with E-state index >= 15 is 0 Å². The van der Waals surface area contributed by atoms with Gasteiger partial charge in [0.1, 0.15) is 5.82 Å². The number of hydrogen-bond acceptors (Lipinski definition) is 0. The molecule has 0 aliphatic heterocycles. The fraction of sp³-hybridized carbons (Fsp3) is 0.571. The van der Waals surface area contributed by atoms with Crippen LogP contribution in [0.5, 0.6) is 0 Å². The summed E-state index contributed by atoms with van der Waals surface area (Å²) in [6.07, 6.45) is 2.08. The SMILES string of the molecule is CCC(C)CC(Cl)c1c(C)cc(F)cc1C. The van der Waals surface area contributed by atoms with Crippen LogP contribution < -0.4 is 0 Å². The van der Waals surface area contributed by atoms with Gasteiger partial charge in [-0.15, -0.1) is 11.6 Å². The van der Waals surface area contributed by atoms with Gasteiger partial charge in [-0.1, -0.05) is 20.3 Å². The van der Waals surface area contributed by atoms with Gasteiger partial charge in [-0.25, -0.2) is 4.39 Å². The molecule has 1 aromatic carbocycles. The standard InChI is InChI=1S/C14H20ClF/c1-5-9(2)6-13(15)14-10(3)7-12(16)8-11(14)4/h7-9,13H,5-6H2,1-4H3. The molecule has 0 saturated carbocycles. The molecule has 0 nitrogen and oxygen atoms in total. The summed E-state index contributed by atoms with van der Waals surface area (Å²) in [5.74, 6) is 0.428. The first kappa shape index (κ1) is 13.5. The van der Waals surface area contributed by atoms with E-state index in [0.717, 1.165) is 29.5 Å². The molecular weight excluding hydrogens is 223 g/mol. The van der Waals surface area contributed by atoms with Crippen LogP contribution >= 0.6 is 11.6 Å². The second kappa shape index (κ2) is 5.67. The molecule has 0 spiro atoms. The van der Waals surface area contributed by atoms with Crippen molar-refractivity contribution in [1.82, 2.24) is 0 Å². The van der Waals surface area contributed by atoms with Crippen LogP contribution in [0.2, 0.25) is 0 Å². The Morgan fingerprint density at radius 2 is 1.75 bits per heavy atom. The van der Waals surface area contributed by atoms with Crippen LogP contribution in [-0.2, 0) is 0 Å². The van der Waals surface area contributed by atoms with Crippen LogP contribution in [0.3, 0.4) is 0 Å². The molecule has 1 rings (SSSR count). The average Bonchev–Trinajstić information content (AvgIpc) is 2.15. The minimum absolute atomic E-state index is 0.00412. The van der Waals surface area contributed by atoms with Crippen LogP contribution in [0, 0.1) is 25.6 Å². The summed E-state index contributed by atoms with van der Waals surface area (Å²) in [7, 11) is 0. The van der Waals surface area contributed by atoms with Crippen molar-refractivity contribution in [3.05, 3.63) is 34.6 Å². The van der Waals surface area contributed by atoms with E-state index in [4.69, 9.17) is 11.6 Å². The first-order valence-electron chi connectivity index (χ1n) is 5.86. The molecule has 0 heterocycles. The van der Waals surface area contributed by atoms with Crippen molar-refractivity contribution >= 4 is 11.6 Å². The van der Waals surface area contributed by atoms with Crippen molar-refractivity contribution in [1.29, 1.82) is 0 Å². The maximum absolute atomic E-state index is 13.2. The van der Waals surface area contributed by atoms with Gasteiger partial charge in [0.15, 0.2) is 0 Å². The smallest absolute Gasteiger partial charge is 0.123 e. The fourth-order valence-corrected chi connectivity index (χ4v) is 2.70. The lowest BCUT2D eigenvalue weighted by molar-refractivity contribution is 0.506. The molecule has 2 heteroatoms. The second-order valence-corrected chi connectivity index (χ2v) is 5.20. The second-order valence-electron chi connectivity index (χ2n) is 4.67. The topological polar surface area (TPSA) is 0 Å². The number of rotatable bonds is 4. The molecule has 2 unspecified atom stereocenters. The van der Waals surface area contributed by atoms with E-state index in [2.05, 4.69) is 13.8 Å². The van der Waals surface area contributed by atoms with Crippen molar-refractivity contribution < 1.29 is 4.39 Å². The van der Waals surface area contributed by atoms with Gasteiger partial charge in [0.2, 0.25) is 0 Å². The predicted octanol–water partition coefficient (Wildman–Crippen LogP) is 5.16. The fourth-order valence-electron chi connectivity index (χ4n) is 2.05. The van der Waals surface area contributed by atoms with Crippen LogP contribution in [0.4, 0.5) is 4.39 Å². The molecule has 0 fully saturated rings. The summed E-state index contributed by atoms with van der Waals surface area (Å²) >= 11 is 6.42. The first-order valence-corrected chi connectivity index (χ1v) is 6.30. The van der Waals surface area contributed by atoms with Crippen LogP contribution in [0.25, 0.3) is 0 Å². The summed E-state index contributed by atoms with van der Waals surface area (Å²) in [5, 5.41) is -0.00412. The maximum Gasteiger partial charge on any atom is 0.123 e. The highest BCUT2D eigenvalue weighted by molar-refractivity contribution is 6.21. The zero-order chi connectivity index (χ0) is 12.3. The van der Waals surface area contributed by atoms with Gasteiger partial charge in [0, 0.05) is 0 Å². The molecule has 0 amide bonds. The number of aryl methyl sites for hydroxylation is 2. The van der Waals surface area contributed by atoms with E-state index in [1.807, 2.05) is 13.8 Å². The van der Waals surface area contributed by atoms with E-state index in [0.29, 0.717) is 5.92 Å². The van der Waals surface area contributed by atoms with Gasteiger partial charge in [0.25, 0.3) is 0 Å². The molecule has 2 atom stereocenters. The van der Waals surface area contributed by atoms with Gasteiger partial charge in [-0.3, -0.25) is 0 Å². The molecule has 0 radical (unpaired) electrons. The molecule has 0 N–H and O–H groups in total. The molecule has 16 heavy (non-hydrogen) atoms. The highest BCUT2D eigenvalue weighted by atomic mass is 35.5. The first-order chi connectivity index (χ1) is 7.45. The Labute approximate surface area is 103 Å². The van der Waals surface area contributed by atoms with E-state index in [1.165, 1.54) is 0 Å². The lowest BCUT2D eigenvalue weighted by atomic mass is 9.93. The summed E-state index contributed by atoms with van der Waals surface area (Å²) in [6, 6.07) is 3.13. The molecule has 0 aliphatic rings. The summed E-state index contributed by atoms with van der Waals surface area (Å²) in [4.78, 5) is 0. The molecule has 0 bridgehead atoms. The van der Waals surface area contributed by atoms with Crippen LogP contribution in [0.1, 0.15) is 48.8 Å². The van der Waals surface area contributed by atoms with E-state index < -0.39 is 0 Å². The van der Waals surface area contributed by atoms with Gasteiger partial charge in [-0.05, 0) is 55.0 Å². The van der Waals surface area contributed by atoms with E-state index in [-0.39, 0.29) is 11.2 Å². The molecule has 0 aromatic heterocycles. The zero-order valence-electron chi connectivity index (χ0n) is 10.5. The number of hydrogen-bond donors (Lipinski definition) is 0. The third kappa shape index (κ3) is 3.21. The van der Waals surface area contributed by atoms with Gasteiger partial charge in [-0.2, -0.15) is 0 Å². The Balaban J connectivity index is 2.95. The lowest BCUT2D eigenvalue weighted by Crippen LogP contribution is -2.03. The van der Waals surface area contributed by atoms with Gasteiger partial charge >= 0.3 is 0 Å². The third-order valence-corrected chi connectivity index (χ3v) is 3.57. The number of alkyl halides is 1. The molecule has 0 saturated heterocycles. The average molecular weight is 243 g/mol. The van der Waals surface area contributed by atoms with Crippen molar-refractivity contribution in [3.8, 4) is 0 Å². The highest BCUT2D eigenvalue weighted by Gasteiger charge is 2.16. The maximum atomic E-state index is 13.2. The van der Waals surface area contributed by atoms with Gasteiger partial charge in [0.05, 0.1) is 5.38 Å². The molecule has 0 aliphatic carbocycles. The Kier molecular flexibility index (Phi) is 4.79. The zero-order valence-corrected chi connectivity index (χ0v) is 11.2. The van der Waals surface area contributed by atoms with E-state index in [1.54, 1.807) is 12.1 Å². The highest BCUT2D eigenvalue weighted by Crippen LogP contribution is 2.33. The Hall–Kier alpha value is -0.560. The van der Waals surface area contributed by atoms with Crippen molar-refractivity contribution in [2.45, 2.75) is 45.9 Å². The van der Waals surface area contributed by atoms with Crippen molar-refractivity contribution in [2.75, 3.05) is 0 Å². The normalized spacial score (nSPS) is 14.9. The van der Waals surface area contributed by atoms with Crippen LogP contribution in [-0.4, -0.2) is 0 Å². The molecule has 1 aromatic rings. The monoisotopic (exact) mass is 242 g/mol.